The molecule has 0 spiro atoms. The molecule has 2 N–H and O–H groups in total. The second kappa shape index (κ2) is 7.12. The number of halogens is 1. The molecule has 2 heterocycles. The van der Waals surface area contributed by atoms with Crippen LogP contribution in [0.2, 0.25) is 5.02 Å². The minimum absolute atomic E-state index is 0.116. The fourth-order valence-corrected chi connectivity index (χ4v) is 3.05. The normalized spacial score (nSPS) is 20.8. The maximum atomic E-state index is 12.8. The summed E-state index contributed by atoms with van der Waals surface area (Å²) in [6.45, 7) is 0.367. The van der Waals surface area contributed by atoms with Crippen molar-refractivity contribution in [2.24, 2.45) is 0 Å². The summed E-state index contributed by atoms with van der Waals surface area (Å²) in [4.78, 5) is 31.8. The molecular weight excluding hydrogens is 334 g/mol. The zero-order valence-corrected chi connectivity index (χ0v) is 13.4. The first-order chi connectivity index (χ1) is 11.6. The number of rotatable bonds is 3. The summed E-state index contributed by atoms with van der Waals surface area (Å²) in [5.41, 5.74) is 0.422. The van der Waals surface area contributed by atoms with E-state index in [0.717, 1.165) is 6.20 Å². The number of hydrogen-bond acceptors (Lipinski definition) is 5. The number of nitrogens with zero attached hydrogens (tertiary/aromatic N) is 2. The highest BCUT2D eigenvalue weighted by Crippen LogP contribution is 2.34. The second-order valence-corrected chi connectivity index (χ2v) is 5.76. The third kappa shape index (κ3) is 3.19. The van der Waals surface area contributed by atoms with Crippen LogP contribution in [0.5, 0.6) is 0 Å². The van der Waals surface area contributed by atoms with E-state index in [1.807, 2.05) is 6.07 Å². The Bertz CT molecular complexity index is 774. The molecule has 1 aliphatic heterocycles. The van der Waals surface area contributed by atoms with Crippen LogP contribution in [0.15, 0.2) is 41.5 Å². The Morgan fingerprint density at radius 2 is 2.25 bits per heavy atom. The number of hydrogen-bond donors (Lipinski definition) is 2. The number of ether oxygens (including phenoxy) is 1. The molecule has 1 amide bonds. The number of aromatic amines is 1. The number of aromatic nitrogens is 2. The van der Waals surface area contributed by atoms with E-state index >= 15 is 0 Å². The van der Waals surface area contributed by atoms with E-state index in [1.165, 1.54) is 6.20 Å². The van der Waals surface area contributed by atoms with Crippen molar-refractivity contribution >= 4 is 17.5 Å². The molecule has 3 rings (SSSR count). The third-order valence-corrected chi connectivity index (χ3v) is 4.25. The number of nitrogens with one attached hydrogen (secondary N) is 1. The van der Waals surface area contributed by atoms with Crippen LogP contribution < -0.4 is 5.56 Å². The average Bonchev–Trinajstić information content (AvgIpc) is 2.61. The summed E-state index contributed by atoms with van der Waals surface area (Å²) in [6, 6.07) is 6.58. The SMILES string of the molecule is O=C(c1c[nH]c(=O)cn1)N1CCO[C@@H](CO)[C@@H]1c1ccccc1Cl. The molecule has 0 aliphatic carbocycles. The molecule has 0 saturated carbocycles. The van der Waals surface area contributed by atoms with Crippen molar-refractivity contribution in [2.75, 3.05) is 19.8 Å². The van der Waals surface area contributed by atoms with Gasteiger partial charge in [0, 0.05) is 17.8 Å². The number of aliphatic hydroxyl groups is 1. The van der Waals surface area contributed by atoms with Crippen molar-refractivity contribution in [1.82, 2.24) is 14.9 Å². The molecule has 1 saturated heterocycles. The number of carbonyl (C=O) groups excluding carboxylic acids is 1. The minimum atomic E-state index is -0.592. The maximum absolute atomic E-state index is 12.8. The lowest BCUT2D eigenvalue weighted by atomic mass is 9.98. The summed E-state index contributed by atoms with van der Waals surface area (Å²) in [6.07, 6.45) is 1.74. The van der Waals surface area contributed by atoms with E-state index in [0.29, 0.717) is 23.7 Å². The lowest BCUT2D eigenvalue weighted by molar-refractivity contribution is -0.0812. The zero-order chi connectivity index (χ0) is 17.1. The van der Waals surface area contributed by atoms with Crippen LogP contribution in [-0.4, -0.2) is 51.7 Å². The molecule has 2 aromatic rings. The maximum Gasteiger partial charge on any atom is 0.274 e. The van der Waals surface area contributed by atoms with Gasteiger partial charge in [0.15, 0.2) is 0 Å². The second-order valence-electron chi connectivity index (χ2n) is 5.35. The van der Waals surface area contributed by atoms with Gasteiger partial charge in [-0.15, -0.1) is 0 Å². The molecule has 0 radical (unpaired) electrons. The van der Waals surface area contributed by atoms with E-state index in [2.05, 4.69) is 9.97 Å². The smallest absolute Gasteiger partial charge is 0.274 e. The van der Waals surface area contributed by atoms with Crippen molar-refractivity contribution < 1.29 is 14.6 Å². The topological polar surface area (TPSA) is 95.5 Å². The lowest BCUT2D eigenvalue weighted by Gasteiger charge is -2.41. The average molecular weight is 350 g/mol. The quantitative estimate of drug-likeness (QED) is 0.861. The molecule has 8 heteroatoms. The number of amides is 1. The first kappa shape index (κ1) is 16.6. The predicted octanol–water partition coefficient (Wildman–Crippen LogP) is 0.998. The third-order valence-electron chi connectivity index (χ3n) is 3.91. The lowest BCUT2D eigenvalue weighted by Crippen LogP contribution is -2.49. The molecule has 7 nitrogen and oxygen atoms in total. The fraction of sp³-hybridized carbons (Fsp3) is 0.312. The molecular formula is C16H16ClN3O4. The molecule has 0 bridgehead atoms. The Morgan fingerprint density at radius 1 is 1.46 bits per heavy atom. The highest BCUT2D eigenvalue weighted by Gasteiger charge is 2.37. The molecule has 1 aliphatic rings. The molecule has 24 heavy (non-hydrogen) atoms. The highest BCUT2D eigenvalue weighted by atomic mass is 35.5. The number of carbonyl (C=O) groups is 1. The predicted molar refractivity (Wildman–Crippen MR) is 86.9 cm³/mol. The minimum Gasteiger partial charge on any atom is -0.394 e. The van der Waals surface area contributed by atoms with Gasteiger partial charge >= 0.3 is 0 Å². The van der Waals surface area contributed by atoms with Crippen LogP contribution in [0.3, 0.4) is 0 Å². The Morgan fingerprint density at radius 3 is 2.92 bits per heavy atom. The fourth-order valence-electron chi connectivity index (χ4n) is 2.80. The van der Waals surface area contributed by atoms with Crippen LogP contribution >= 0.6 is 11.6 Å². The van der Waals surface area contributed by atoms with E-state index in [4.69, 9.17) is 16.3 Å². The molecule has 1 aromatic carbocycles. The summed E-state index contributed by atoms with van der Waals surface area (Å²) in [5, 5.41) is 10.1. The van der Waals surface area contributed by atoms with Crippen molar-refractivity contribution in [3.8, 4) is 0 Å². The first-order valence-electron chi connectivity index (χ1n) is 7.44. The Balaban J connectivity index is 2.00. The van der Waals surface area contributed by atoms with Crippen LogP contribution in [0.4, 0.5) is 0 Å². The monoisotopic (exact) mass is 349 g/mol. The van der Waals surface area contributed by atoms with E-state index in [1.54, 1.807) is 23.1 Å². The Hall–Kier alpha value is -2.22. The molecule has 2 atom stereocenters. The highest BCUT2D eigenvalue weighted by molar-refractivity contribution is 6.31. The number of benzene rings is 1. The molecule has 1 aromatic heterocycles. The van der Waals surface area contributed by atoms with Gasteiger partial charge in [0.05, 0.1) is 25.5 Å². The van der Waals surface area contributed by atoms with E-state index in [-0.39, 0.29) is 23.8 Å². The van der Waals surface area contributed by atoms with Crippen LogP contribution in [0, 0.1) is 0 Å². The first-order valence-corrected chi connectivity index (χ1v) is 7.82. The number of aliphatic hydroxyl groups excluding tert-OH is 1. The summed E-state index contributed by atoms with van der Waals surface area (Å²) >= 11 is 6.28. The van der Waals surface area contributed by atoms with Gasteiger partial charge in [-0.2, -0.15) is 0 Å². The van der Waals surface area contributed by atoms with Gasteiger partial charge in [0.2, 0.25) is 0 Å². The van der Waals surface area contributed by atoms with Gasteiger partial charge in [-0.05, 0) is 11.6 Å². The van der Waals surface area contributed by atoms with Gasteiger partial charge in [-0.3, -0.25) is 9.59 Å². The van der Waals surface area contributed by atoms with Crippen molar-refractivity contribution in [2.45, 2.75) is 12.1 Å². The number of H-pyrrole nitrogens is 1. The van der Waals surface area contributed by atoms with Gasteiger partial charge in [-0.25, -0.2) is 4.98 Å². The van der Waals surface area contributed by atoms with E-state index < -0.39 is 12.1 Å². The van der Waals surface area contributed by atoms with Gasteiger partial charge in [0.25, 0.3) is 11.5 Å². The van der Waals surface area contributed by atoms with Crippen LogP contribution in [0.25, 0.3) is 0 Å². The Labute approximate surface area is 142 Å². The van der Waals surface area contributed by atoms with Gasteiger partial charge in [0.1, 0.15) is 11.8 Å². The van der Waals surface area contributed by atoms with Crippen LogP contribution in [0.1, 0.15) is 22.1 Å². The zero-order valence-electron chi connectivity index (χ0n) is 12.7. The van der Waals surface area contributed by atoms with Gasteiger partial charge in [-0.1, -0.05) is 29.8 Å². The van der Waals surface area contributed by atoms with Crippen LogP contribution in [-0.2, 0) is 4.74 Å². The van der Waals surface area contributed by atoms with Crippen molar-refractivity contribution in [1.29, 1.82) is 0 Å². The van der Waals surface area contributed by atoms with Crippen molar-refractivity contribution in [3.63, 3.8) is 0 Å². The largest absolute Gasteiger partial charge is 0.394 e. The standard InChI is InChI=1S/C16H16ClN3O4/c17-11-4-2-1-3-10(11)15-13(9-21)24-6-5-20(15)16(23)12-7-19-14(22)8-18-12/h1-4,7-8,13,15,21H,5-6,9H2,(H,19,22)/t13-,15-/m0/s1. The van der Waals surface area contributed by atoms with Gasteiger partial charge < -0.3 is 19.7 Å². The summed E-state index contributed by atoms with van der Waals surface area (Å²) in [5.74, 6) is -0.363. The Kier molecular flexibility index (Phi) is 4.94. The molecule has 1 fully saturated rings. The molecule has 0 unspecified atom stereocenters. The number of morpholine rings is 1. The summed E-state index contributed by atoms with van der Waals surface area (Å²) in [7, 11) is 0. The van der Waals surface area contributed by atoms with Crippen molar-refractivity contribution in [3.05, 3.63) is 63.3 Å². The van der Waals surface area contributed by atoms with E-state index in [9.17, 15) is 14.7 Å². The summed E-state index contributed by atoms with van der Waals surface area (Å²) < 4.78 is 5.60. The molecule has 126 valence electrons.